The van der Waals surface area contributed by atoms with Gasteiger partial charge in [-0.3, -0.25) is 0 Å². The fourth-order valence-corrected chi connectivity index (χ4v) is 2.05. The standard InChI is InChI=1S/C13H21N3/c1-4-11-6-5-7-12(15-11)16(3)10-13(14-2)8-9-13/h5-7,14H,4,8-10H2,1-3H3. The van der Waals surface area contributed by atoms with Crippen molar-refractivity contribution in [1.29, 1.82) is 0 Å². The van der Waals surface area contributed by atoms with Gasteiger partial charge in [-0.15, -0.1) is 0 Å². The van der Waals surface area contributed by atoms with Crippen LogP contribution >= 0.6 is 0 Å². The third-order valence-corrected chi connectivity index (χ3v) is 3.47. The zero-order chi connectivity index (χ0) is 11.6. The molecule has 0 spiro atoms. The second-order valence-electron chi connectivity index (χ2n) is 4.73. The summed E-state index contributed by atoms with van der Waals surface area (Å²) >= 11 is 0. The van der Waals surface area contributed by atoms with Crippen molar-refractivity contribution >= 4 is 5.82 Å². The lowest BCUT2D eigenvalue weighted by Crippen LogP contribution is -2.40. The maximum atomic E-state index is 4.64. The molecule has 0 unspecified atom stereocenters. The summed E-state index contributed by atoms with van der Waals surface area (Å²) in [6.45, 7) is 3.19. The molecule has 88 valence electrons. The van der Waals surface area contributed by atoms with E-state index in [1.807, 2.05) is 0 Å². The molecule has 1 N–H and O–H groups in total. The zero-order valence-corrected chi connectivity index (χ0v) is 10.5. The molecule has 0 saturated heterocycles. The van der Waals surface area contributed by atoms with Gasteiger partial charge in [0.2, 0.25) is 0 Å². The van der Waals surface area contributed by atoms with Crippen LogP contribution in [0.4, 0.5) is 5.82 Å². The van der Waals surface area contributed by atoms with Crippen molar-refractivity contribution in [2.24, 2.45) is 0 Å². The van der Waals surface area contributed by atoms with E-state index < -0.39 is 0 Å². The Labute approximate surface area is 97.9 Å². The normalized spacial score (nSPS) is 17.2. The Morgan fingerprint density at radius 3 is 2.75 bits per heavy atom. The van der Waals surface area contributed by atoms with Crippen LogP contribution in [-0.2, 0) is 6.42 Å². The number of anilines is 1. The maximum absolute atomic E-state index is 4.64. The van der Waals surface area contributed by atoms with Crippen molar-refractivity contribution in [3.8, 4) is 0 Å². The molecule has 16 heavy (non-hydrogen) atoms. The first-order valence-electron chi connectivity index (χ1n) is 6.05. The molecule has 0 aromatic carbocycles. The van der Waals surface area contributed by atoms with Crippen molar-refractivity contribution in [2.75, 3.05) is 25.5 Å². The summed E-state index contributed by atoms with van der Waals surface area (Å²) in [5, 5.41) is 3.41. The van der Waals surface area contributed by atoms with Crippen LogP contribution in [0.5, 0.6) is 0 Å². The van der Waals surface area contributed by atoms with E-state index in [1.54, 1.807) is 0 Å². The van der Waals surface area contributed by atoms with Gasteiger partial charge in [-0.1, -0.05) is 13.0 Å². The van der Waals surface area contributed by atoms with E-state index in [2.05, 4.69) is 54.4 Å². The van der Waals surface area contributed by atoms with Crippen molar-refractivity contribution in [3.63, 3.8) is 0 Å². The fraction of sp³-hybridized carbons (Fsp3) is 0.615. The largest absolute Gasteiger partial charge is 0.358 e. The van der Waals surface area contributed by atoms with E-state index in [-0.39, 0.29) is 0 Å². The summed E-state index contributed by atoms with van der Waals surface area (Å²) in [6, 6.07) is 6.27. The van der Waals surface area contributed by atoms with Crippen molar-refractivity contribution in [3.05, 3.63) is 23.9 Å². The molecule has 1 aliphatic carbocycles. The molecule has 1 saturated carbocycles. The molecule has 0 radical (unpaired) electrons. The lowest BCUT2D eigenvalue weighted by Gasteiger charge is -2.24. The summed E-state index contributed by atoms with van der Waals surface area (Å²) in [4.78, 5) is 6.89. The van der Waals surface area contributed by atoms with Crippen LogP contribution < -0.4 is 10.2 Å². The number of aromatic nitrogens is 1. The van der Waals surface area contributed by atoms with Gasteiger partial charge in [-0.05, 0) is 38.4 Å². The van der Waals surface area contributed by atoms with Gasteiger partial charge in [0.1, 0.15) is 5.82 Å². The molecule has 1 aromatic rings. The second kappa shape index (κ2) is 4.42. The summed E-state index contributed by atoms with van der Waals surface area (Å²) in [7, 11) is 4.18. The number of nitrogens with one attached hydrogen (secondary N) is 1. The second-order valence-corrected chi connectivity index (χ2v) is 4.73. The van der Waals surface area contributed by atoms with Gasteiger partial charge in [0.25, 0.3) is 0 Å². The smallest absolute Gasteiger partial charge is 0.128 e. The maximum Gasteiger partial charge on any atom is 0.128 e. The van der Waals surface area contributed by atoms with E-state index in [9.17, 15) is 0 Å². The molecule has 3 nitrogen and oxygen atoms in total. The predicted octanol–water partition coefficient (Wildman–Crippen LogP) is 1.83. The predicted molar refractivity (Wildman–Crippen MR) is 67.9 cm³/mol. The Kier molecular flexibility index (Phi) is 3.15. The zero-order valence-electron chi connectivity index (χ0n) is 10.5. The highest BCUT2D eigenvalue weighted by molar-refractivity contribution is 5.39. The minimum absolute atomic E-state index is 0.346. The average Bonchev–Trinajstić information content (AvgIpc) is 3.09. The van der Waals surface area contributed by atoms with E-state index in [4.69, 9.17) is 0 Å². The minimum Gasteiger partial charge on any atom is -0.358 e. The van der Waals surface area contributed by atoms with Gasteiger partial charge in [-0.2, -0.15) is 0 Å². The number of hydrogen-bond donors (Lipinski definition) is 1. The molecule has 3 heteroatoms. The first-order chi connectivity index (χ1) is 7.69. The Balaban J connectivity index is 2.05. The van der Waals surface area contributed by atoms with Crippen LogP contribution in [0.25, 0.3) is 0 Å². The quantitative estimate of drug-likeness (QED) is 0.819. The number of hydrogen-bond acceptors (Lipinski definition) is 3. The third-order valence-electron chi connectivity index (χ3n) is 3.47. The molecule has 0 amide bonds. The van der Waals surface area contributed by atoms with Crippen LogP contribution in [0.2, 0.25) is 0 Å². The summed E-state index contributed by atoms with van der Waals surface area (Å²) in [6.07, 6.45) is 3.56. The summed E-state index contributed by atoms with van der Waals surface area (Å²) in [5.74, 6) is 1.08. The molecular formula is C13H21N3. The van der Waals surface area contributed by atoms with Gasteiger partial charge in [0.05, 0.1) is 0 Å². The van der Waals surface area contributed by atoms with E-state index in [1.165, 1.54) is 18.5 Å². The topological polar surface area (TPSA) is 28.2 Å². The minimum atomic E-state index is 0.346. The fourth-order valence-electron chi connectivity index (χ4n) is 2.05. The van der Waals surface area contributed by atoms with Gasteiger partial charge < -0.3 is 10.2 Å². The molecule has 1 fully saturated rings. The molecule has 2 rings (SSSR count). The van der Waals surface area contributed by atoms with Gasteiger partial charge >= 0.3 is 0 Å². The first-order valence-corrected chi connectivity index (χ1v) is 6.05. The Hall–Kier alpha value is -1.09. The molecule has 0 aliphatic heterocycles. The SMILES string of the molecule is CCc1cccc(N(C)CC2(NC)CC2)n1. The first kappa shape index (κ1) is 11.4. The monoisotopic (exact) mass is 219 g/mol. The molecule has 1 aliphatic rings. The van der Waals surface area contributed by atoms with Crippen molar-refractivity contribution in [2.45, 2.75) is 31.7 Å². The lowest BCUT2D eigenvalue weighted by atomic mass is 10.2. The van der Waals surface area contributed by atoms with E-state index >= 15 is 0 Å². The molecule has 0 bridgehead atoms. The lowest BCUT2D eigenvalue weighted by molar-refractivity contribution is 0.547. The van der Waals surface area contributed by atoms with Gasteiger partial charge in [0, 0.05) is 24.8 Å². The Morgan fingerprint density at radius 2 is 2.19 bits per heavy atom. The molecular weight excluding hydrogens is 198 g/mol. The highest BCUT2D eigenvalue weighted by Crippen LogP contribution is 2.35. The van der Waals surface area contributed by atoms with E-state index in [0.717, 1.165) is 18.8 Å². The number of aryl methyl sites for hydroxylation is 1. The number of likely N-dealkylation sites (N-methyl/N-ethyl adjacent to an activating group) is 2. The number of nitrogens with zero attached hydrogens (tertiary/aromatic N) is 2. The Bertz CT molecular complexity index is 358. The summed E-state index contributed by atoms with van der Waals surface area (Å²) in [5.41, 5.74) is 1.51. The Morgan fingerprint density at radius 1 is 1.44 bits per heavy atom. The highest BCUT2D eigenvalue weighted by atomic mass is 15.2. The average molecular weight is 219 g/mol. The van der Waals surface area contributed by atoms with Gasteiger partial charge in [0.15, 0.2) is 0 Å². The van der Waals surface area contributed by atoms with Crippen LogP contribution in [-0.4, -0.2) is 31.2 Å². The molecule has 0 atom stereocenters. The van der Waals surface area contributed by atoms with E-state index in [0.29, 0.717) is 5.54 Å². The van der Waals surface area contributed by atoms with Crippen LogP contribution in [0, 0.1) is 0 Å². The third kappa shape index (κ3) is 2.35. The van der Waals surface area contributed by atoms with Gasteiger partial charge in [-0.25, -0.2) is 4.98 Å². The van der Waals surface area contributed by atoms with Crippen LogP contribution in [0.3, 0.4) is 0 Å². The molecule has 1 heterocycles. The summed E-state index contributed by atoms with van der Waals surface area (Å²) < 4.78 is 0. The van der Waals surface area contributed by atoms with Crippen LogP contribution in [0.15, 0.2) is 18.2 Å². The number of pyridine rings is 1. The molecule has 1 aromatic heterocycles. The van der Waals surface area contributed by atoms with Crippen LogP contribution in [0.1, 0.15) is 25.5 Å². The van der Waals surface area contributed by atoms with Crippen molar-refractivity contribution < 1.29 is 0 Å². The van der Waals surface area contributed by atoms with Crippen molar-refractivity contribution in [1.82, 2.24) is 10.3 Å². The highest BCUT2D eigenvalue weighted by Gasteiger charge is 2.41. The number of rotatable bonds is 5.